The average Bonchev–Trinajstić information content (AvgIpc) is 2.46. The third kappa shape index (κ3) is 4.73. The van der Waals surface area contributed by atoms with Crippen LogP contribution in [0.4, 0.5) is 11.4 Å². The molecule has 2 aromatic carbocycles. The quantitative estimate of drug-likeness (QED) is 0.593. The van der Waals surface area contributed by atoms with Crippen LogP contribution in [0.15, 0.2) is 59.5 Å². The molecule has 0 atom stereocenters. The summed E-state index contributed by atoms with van der Waals surface area (Å²) in [6.45, 7) is 0. The van der Waals surface area contributed by atoms with Crippen molar-refractivity contribution in [3.05, 3.63) is 54.6 Å². The highest BCUT2D eigenvalue weighted by Crippen LogP contribution is 2.13. The summed E-state index contributed by atoms with van der Waals surface area (Å²) in [6.07, 6.45) is 1.17. The molecule has 3 N–H and O–H groups in total. The summed E-state index contributed by atoms with van der Waals surface area (Å²) in [5.74, 6) is 0. The largest absolute Gasteiger partial charge is 0.331 e. The van der Waals surface area contributed by atoms with E-state index in [4.69, 9.17) is 12.2 Å². The summed E-state index contributed by atoms with van der Waals surface area (Å²) in [5, 5.41) is 3.42. The number of hydrogen-bond acceptors (Lipinski definition) is 4. The second-order valence-electron chi connectivity index (χ2n) is 4.37. The van der Waals surface area contributed by atoms with Crippen LogP contribution >= 0.6 is 12.2 Å². The Balaban J connectivity index is 1.90. The first kappa shape index (κ1) is 15.3. The molecule has 0 aromatic heterocycles. The lowest BCUT2D eigenvalue weighted by Crippen LogP contribution is -2.33. The molecule has 0 fully saturated rings. The van der Waals surface area contributed by atoms with Gasteiger partial charge < -0.3 is 5.32 Å². The van der Waals surface area contributed by atoms with Gasteiger partial charge in [0, 0.05) is 11.9 Å². The minimum Gasteiger partial charge on any atom is -0.331 e. The Labute approximate surface area is 129 Å². The Morgan fingerprint density at radius 2 is 1.57 bits per heavy atom. The first-order chi connectivity index (χ1) is 9.95. The van der Waals surface area contributed by atoms with Crippen LogP contribution in [0.25, 0.3) is 0 Å². The van der Waals surface area contributed by atoms with Crippen LogP contribution in [0.2, 0.25) is 0 Å². The number of rotatable bonds is 4. The molecule has 0 saturated heterocycles. The monoisotopic (exact) mass is 321 g/mol. The van der Waals surface area contributed by atoms with E-state index in [1.807, 2.05) is 30.3 Å². The molecule has 0 aliphatic carbocycles. The maximum absolute atomic E-state index is 11.3. The number of hydrogen-bond donors (Lipinski definition) is 3. The number of benzene rings is 2. The normalized spacial score (nSPS) is 10.7. The maximum atomic E-state index is 11.3. The Morgan fingerprint density at radius 1 is 0.952 bits per heavy atom. The average molecular weight is 321 g/mol. The minimum absolute atomic E-state index is 0.276. The summed E-state index contributed by atoms with van der Waals surface area (Å²) in [6, 6.07) is 15.9. The molecule has 0 spiro atoms. The number of anilines is 2. The van der Waals surface area contributed by atoms with Crippen molar-refractivity contribution >= 4 is 38.5 Å². The van der Waals surface area contributed by atoms with Crippen LogP contribution in [0.3, 0.4) is 0 Å². The smallest absolute Gasteiger partial charge is 0.189 e. The number of hydrazine groups is 1. The molecule has 0 bridgehead atoms. The first-order valence-electron chi connectivity index (χ1n) is 6.13. The molecule has 0 amide bonds. The molecule has 0 heterocycles. The molecule has 21 heavy (non-hydrogen) atoms. The summed E-state index contributed by atoms with van der Waals surface area (Å²) >= 11 is 5.14. The summed E-state index contributed by atoms with van der Waals surface area (Å²) in [4.78, 5) is 0.276. The molecule has 7 heteroatoms. The fraction of sp³-hybridized carbons (Fsp3) is 0.0714. The molecule has 0 aliphatic rings. The van der Waals surface area contributed by atoms with Crippen molar-refractivity contribution in [3.63, 3.8) is 0 Å². The topological polar surface area (TPSA) is 70.2 Å². The lowest BCUT2D eigenvalue weighted by atomic mass is 10.3. The third-order valence-corrected chi connectivity index (χ3v) is 3.97. The number of para-hydroxylation sites is 1. The van der Waals surface area contributed by atoms with Crippen LogP contribution in [0.5, 0.6) is 0 Å². The Morgan fingerprint density at radius 3 is 2.14 bits per heavy atom. The molecular weight excluding hydrogens is 306 g/mol. The Bertz CT molecular complexity index is 714. The summed E-state index contributed by atoms with van der Waals surface area (Å²) in [5.41, 5.74) is 7.31. The Hall–Kier alpha value is -2.12. The highest BCUT2D eigenvalue weighted by atomic mass is 32.2. The highest BCUT2D eigenvalue weighted by molar-refractivity contribution is 7.90. The fourth-order valence-corrected chi connectivity index (χ4v) is 2.40. The van der Waals surface area contributed by atoms with Crippen molar-refractivity contribution < 1.29 is 8.42 Å². The molecule has 0 aliphatic heterocycles. The van der Waals surface area contributed by atoms with Crippen LogP contribution < -0.4 is 16.2 Å². The molecule has 2 aromatic rings. The van der Waals surface area contributed by atoms with Gasteiger partial charge in [-0.15, -0.1) is 0 Å². The van der Waals surface area contributed by atoms with Crippen molar-refractivity contribution in [2.45, 2.75) is 4.90 Å². The van der Waals surface area contributed by atoms with Crippen LogP contribution in [-0.4, -0.2) is 19.8 Å². The van der Waals surface area contributed by atoms with E-state index in [1.54, 1.807) is 12.1 Å². The van der Waals surface area contributed by atoms with Gasteiger partial charge in [-0.1, -0.05) is 18.2 Å². The number of nitrogens with one attached hydrogen (secondary N) is 3. The van der Waals surface area contributed by atoms with E-state index in [-0.39, 0.29) is 4.90 Å². The maximum Gasteiger partial charge on any atom is 0.189 e. The molecule has 110 valence electrons. The zero-order valence-corrected chi connectivity index (χ0v) is 13.0. The lowest BCUT2D eigenvalue weighted by molar-refractivity contribution is 0.602. The SMILES string of the molecule is CS(=O)(=O)c1ccc(NNC(=S)Nc2ccccc2)cc1. The van der Waals surface area contributed by atoms with Gasteiger partial charge in [0.25, 0.3) is 0 Å². The fourth-order valence-electron chi connectivity index (χ4n) is 1.60. The predicted molar refractivity (Wildman–Crippen MR) is 89.0 cm³/mol. The van der Waals surface area contributed by atoms with Gasteiger partial charge >= 0.3 is 0 Å². The summed E-state index contributed by atoms with van der Waals surface area (Å²) < 4.78 is 22.7. The molecule has 2 rings (SSSR count). The highest BCUT2D eigenvalue weighted by Gasteiger charge is 2.05. The van der Waals surface area contributed by atoms with Gasteiger partial charge in [0.15, 0.2) is 14.9 Å². The summed E-state index contributed by atoms with van der Waals surface area (Å²) in [7, 11) is -3.18. The van der Waals surface area contributed by atoms with Crippen molar-refractivity contribution in [1.29, 1.82) is 0 Å². The van der Waals surface area contributed by atoms with E-state index in [9.17, 15) is 8.42 Å². The van der Waals surface area contributed by atoms with E-state index < -0.39 is 9.84 Å². The van der Waals surface area contributed by atoms with Gasteiger partial charge in [-0.2, -0.15) is 0 Å². The molecule has 0 radical (unpaired) electrons. The van der Waals surface area contributed by atoms with Gasteiger partial charge in [0.05, 0.1) is 10.6 Å². The van der Waals surface area contributed by atoms with Gasteiger partial charge in [-0.05, 0) is 48.6 Å². The van der Waals surface area contributed by atoms with Crippen molar-refractivity contribution in [3.8, 4) is 0 Å². The third-order valence-electron chi connectivity index (χ3n) is 2.63. The van der Waals surface area contributed by atoms with Gasteiger partial charge in [-0.3, -0.25) is 10.9 Å². The standard InChI is InChI=1S/C14H15N3O2S2/c1-21(18,19)13-9-7-12(8-10-13)16-17-14(20)15-11-5-3-2-4-6-11/h2-10,16H,1H3,(H2,15,17,20). The van der Waals surface area contributed by atoms with E-state index in [0.717, 1.165) is 5.69 Å². The number of sulfone groups is 1. The van der Waals surface area contributed by atoms with Crippen LogP contribution in [0.1, 0.15) is 0 Å². The lowest BCUT2D eigenvalue weighted by Gasteiger charge is -2.12. The first-order valence-corrected chi connectivity index (χ1v) is 8.43. The zero-order valence-electron chi connectivity index (χ0n) is 11.3. The second-order valence-corrected chi connectivity index (χ2v) is 6.79. The molecule has 5 nitrogen and oxygen atoms in total. The molecular formula is C14H15N3O2S2. The van der Waals surface area contributed by atoms with Crippen molar-refractivity contribution in [2.24, 2.45) is 0 Å². The van der Waals surface area contributed by atoms with Gasteiger partial charge in [-0.25, -0.2) is 8.42 Å². The zero-order chi connectivity index (χ0) is 15.3. The second kappa shape index (κ2) is 6.55. The Kier molecular flexibility index (Phi) is 4.77. The van der Waals surface area contributed by atoms with Crippen molar-refractivity contribution in [2.75, 3.05) is 17.0 Å². The van der Waals surface area contributed by atoms with Gasteiger partial charge in [0.1, 0.15) is 0 Å². The molecule has 0 unspecified atom stereocenters. The predicted octanol–water partition coefficient (Wildman–Crippen LogP) is 2.40. The van der Waals surface area contributed by atoms with E-state index in [0.29, 0.717) is 10.8 Å². The van der Waals surface area contributed by atoms with E-state index in [1.165, 1.54) is 18.4 Å². The number of thiocarbonyl (C=S) groups is 1. The molecule has 0 saturated carbocycles. The van der Waals surface area contributed by atoms with Crippen LogP contribution in [-0.2, 0) is 9.84 Å². The minimum atomic E-state index is -3.18. The van der Waals surface area contributed by atoms with E-state index >= 15 is 0 Å². The van der Waals surface area contributed by atoms with E-state index in [2.05, 4.69) is 16.2 Å². The van der Waals surface area contributed by atoms with Gasteiger partial charge in [0.2, 0.25) is 0 Å². The van der Waals surface area contributed by atoms with Crippen LogP contribution in [0, 0.1) is 0 Å². The van der Waals surface area contributed by atoms with Crippen molar-refractivity contribution in [1.82, 2.24) is 5.43 Å².